The van der Waals surface area contributed by atoms with E-state index >= 15 is 0 Å². The van der Waals surface area contributed by atoms with Gasteiger partial charge in [0, 0.05) is 22.8 Å². The number of anilines is 1. The maximum Gasteiger partial charge on any atom is 0.262 e. The molecule has 124 valence electrons. The van der Waals surface area contributed by atoms with Gasteiger partial charge in [-0.15, -0.1) is 5.10 Å². The van der Waals surface area contributed by atoms with Crippen molar-refractivity contribution in [2.24, 2.45) is 7.05 Å². The molecule has 1 N–H and O–H groups in total. The van der Waals surface area contributed by atoms with Crippen LogP contribution >= 0.6 is 15.9 Å². The van der Waals surface area contributed by atoms with Crippen LogP contribution in [0.1, 0.15) is 5.56 Å². The molecule has 0 bridgehead atoms. The van der Waals surface area contributed by atoms with E-state index in [1.54, 1.807) is 50.4 Å². The lowest BCUT2D eigenvalue weighted by Gasteiger charge is -2.11. The van der Waals surface area contributed by atoms with Gasteiger partial charge in [-0.05, 0) is 47.2 Å². The summed E-state index contributed by atoms with van der Waals surface area (Å²) in [7, 11) is -1.98. The van der Waals surface area contributed by atoms with Crippen molar-refractivity contribution in [2.45, 2.75) is 11.8 Å². The van der Waals surface area contributed by atoms with E-state index in [0.717, 1.165) is 0 Å². The highest BCUT2D eigenvalue weighted by Gasteiger charge is 2.18. The summed E-state index contributed by atoms with van der Waals surface area (Å²) in [6.45, 7) is 1.75. The van der Waals surface area contributed by atoms with Gasteiger partial charge in [0.25, 0.3) is 10.0 Å². The highest BCUT2D eigenvalue weighted by atomic mass is 79.9. The van der Waals surface area contributed by atoms with E-state index in [0.29, 0.717) is 27.1 Å². The van der Waals surface area contributed by atoms with E-state index in [-0.39, 0.29) is 4.90 Å². The fraction of sp³-hybridized carbons (Fsp3) is 0.133. The molecule has 0 aliphatic heterocycles. The van der Waals surface area contributed by atoms with Crippen LogP contribution in [0.4, 0.5) is 5.69 Å². The van der Waals surface area contributed by atoms with Gasteiger partial charge < -0.3 is 0 Å². The van der Waals surface area contributed by atoms with Gasteiger partial charge in [-0.25, -0.2) is 13.1 Å². The summed E-state index contributed by atoms with van der Waals surface area (Å²) in [5, 5.41) is 11.3. The van der Waals surface area contributed by atoms with E-state index in [1.807, 2.05) is 6.07 Å². The molecule has 1 heterocycles. The zero-order chi connectivity index (χ0) is 17.3. The standard InChI is InChI=1S/C15H14BrN5O2S/c1-10-6-7-12(16)9-14(10)24(22,23)18-13-5-3-4-11(8-13)15-17-19-20-21(15)2/h3-9,18H,1-2H3. The Bertz CT molecular complexity index is 1000. The van der Waals surface area contributed by atoms with Gasteiger partial charge in [0.05, 0.1) is 4.90 Å². The van der Waals surface area contributed by atoms with Crippen molar-refractivity contribution in [1.82, 2.24) is 20.2 Å². The molecule has 3 aromatic rings. The number of tetrazole rings is 1. The Kier molecular flexibility index (Phi) is 4.37. The van der Waals surface area contributed by atoms with Gasteiger partial charge in [-0.1, -0.05) is 34.1 Å². The Labute approximate surface area is 147 Å². The van der Waals surface area contributed by atoms with Crippen molar-refractivity contribution in [2.75, 3.05) is 4.72 Å². The molecule has 0 aliphatic rings. The lowest BCUT2D eigenvalue weighted by Crippen LogP contribution is -2.14. The maximum absolute atomic E-state index is 12.7. The monoisotopic (exact) mass is 407 g/mol. The molecule has 9 heteroatoms. The first-order chi connectivity index (χ1) is 11.4. The third-order valence-corrected chi connectivity index (χ3v) is 5.45. The minimum Gasteiger partial charge on any atom is -0.280 e. The zero-order valence-corrected chi connectivity index (χ0v) is 15.3. The number of hydrogen-bond acceptors (Lipinski definition) is 5. The van der Waals surface area contributed by atoms with E-state index < -0.39 is 10.0 Å². The topological polar surface area (TPSA) is 89.8 Å². The largest absolute Gasteiger partial charge is 0.280 e. The van der Waals surface area contributed by atoms with E-state index in [2.05, 4.69) is 36.2 Å². The second-order valence-corrected chi connectivity index (χ2v) is 7.79. The molecule has 1 aromatic heterocycles. The Hall–Kier alpha value is -2.26. The van der Waals surface area contributed by atoms with E-state index in [9.17, 15) is 8.42 Å². The highest BCUT2D eigenvalue weighted by molar-refractivity contribution is 9.10. The summed E-state index contributed by atoms with van der Waals surface area (Å²) in [6.07, 6.45) is 0. The molecule has 7 nitrogen and oxygen atoms in total. The average Bonchev–Trinajstić information content (AvgIpc) is 2.95. The van der Waals surface area contributed by atoms with Crippen LogP contribution in [0.15, 0.2) is 51.8 Å². The molecule has 2 aromatic carbocycles. The van der Waals surface area contributed by atoms with Gasteiger partial charge in [-0.2, -0.15) is 0 Å². The first-order valence-corrected chi connectivity index (χ1v) is 9.26. The molecule has 0 saturated carbocycles. The van der Waals surface area contributed by atoms with Gasteiger partial charge in [0.2, 0.25) is 0 Å². The summed E-state index contributed by atoms with van der Waals surface area (Å²) >= 11 is 3.30. The Morgan fingerprint density at radius 1 is 1.17 bits per heavy atom. The number of hydrogen-bond donors (Lipinski definition) is 1. The Morgan fingerprint density at radius 3 is 2.67 bits per heavy atom. The van der Waals surface area contributed by atoms with Gasteiger partial charge in [0.1, 0.15) is 0 Å². The molecular weight excluding hydrogens is 394 g/mol. The minimum absolute atomic E-state index is 0.225. The van der Waals surface area contributed by atoms with E-state index in [1.165, 1.54) is 4.68 Å². The predicted octanol–water partition coefficient (Wildman–Crippen LogP) is 2.75. The average molecular weight is 408 g/mol. The van der Waals surface area contributed by atoms with Crippen LogP contribution in [0.3, 0.4) is 0 Å². The number of aromatic nitrogens is 4. The van der Waals surface area contributed by atoms with Crippen LogP contribution in [0.25, 0.3) is 11.4 Å². The van der Waals surface area contributed by atoms with Crippen LogP contribution in [0.5, 0.6) is 0 Å². The fourth-order valence-electron chi connectivity index (χ4n) is 2.27. The minimum atomic E-state index is -3.70. The van der Waals surface area contributed by atoms with Crippen molar-refractivity contribution in [3.8, 4) is 11.4 Å². The smallest absolute Gasteiger partial charge is 0.262 e. The summed E-state index contributed by atoms with van der Waals surface area (Å²) in [5.74, 6) is 0.551. The van der Waals surface area contributed by atoms with Crippen molar-refractivity contribution < 1.29 is 8.42 Å². The lowest BCUT2D eigenvalue weighted by molar-refractivity contribution is 0.600. The van der Waals surface area contributed by atoms with Gasteiger partial charge >= 0.3 is 0 Å². The third-order valence-electron chi connectivity index (χ3n) is 3.43. The molecule has 0 saturated heterocycles. The van der Waals surface area contributed by atoms with Crippen LogP contribution in [-0.4, -0.2) is 28.6 Å². The van der Waals surface area contributed by atoms with Crippen LogP contribution in [-0.2, 0) is 17.1 Å². The number of rotatable bonds is 4. The van der Waals surface area contributed by atoms with Crippen molar-refractivity contribution >= 4 is 31.6 Å². The summed E-state index contributed by atoms with van der Waals surface area (Å²) in [5.41, 5.74) is 1.82. The van der Waals surface area contributed by atoms with Crippen molar-refractivity contribution in [3.63, 3.8) is 0 Å². The van der Waals surface area contributed by atoms with Crippen molar-refractivity contribution in [1.29, 1.82) is 0 Å². The first kappa shape index (κ1) is 16.6. The molecule has 0 amide bonds. The highest BCUT2D eigenvalue weighted by Crippen LogP contribution is 2.25. The number of aryl methyl sites for hydroxylation is 2. The summed E-state index contributed by atoms with van der Waals surface area (Å²) in [4.78, 5) is 0.225. The summed E-state index contributed by atoms with van der Waals surface area (Å²) < 4.78 is 30.1. The molecule has 0 spiro atoms. The van der Waals surface area contributed by atoms with Crippen LogP contribution < -0.4 is 4.72 Å². The molecule has 0 fully saturated rings. The van der Waals surface area contributed by atoms with E-state index in [4.69, 9.17) is 0 Å². The number of halogens is 1. The zero-order valence-electron chi connectivity index (χ0n) is 12.9. The number of nitrogens with zero attached hydrogens (tertiary/aromatic N) is 4. The third kappa shape index (κ3) is 3.31. The number of sulfonamides is 1. The predicted molar refractivity (Wildman–Crippen MR) is 93.9 cm³/mol. The molecule has 0 aliphatic carbocycles. The second kappa shape index (κ2) is 6.33. The Balaban J connectivity index is 1.96. The molecule has 0 unspecified atom stereocenters. The first-order valence-electron chi connectivity index (χ1n) is 6.98. The summed E-state index contributed by atoms with van der Waals surface area (Å²) in [6, 6.07) is 12.1. The molecule has 24 heavy (non-hydrogen) atoms. The normalized spacial score (nSPS) is 11.5. The quantitative estimate of drug-likeness (QED) is 0.717. The lowest BCUT2D eigenvalue weighted by atomic mass is 10.2. The van der Waals surface area contributed by atoms with Crippen LogP contribution in [0.2, 0.25) is 0 Å². The SMILES string of the molecule is Cc1ccc(Br)cc1S(=O)(=O)Nc1cccc(-c2nnnn2C)c1. The maximum atomic E-state index is 12.7. The van der Waals surface area contributed by atoms with Gasteiger partial charge in [0.15, 0.2) is 5.82 Å². The molecule has 0 radical (unpaired) electrons. The van der Waals surface area contributed by atoms with Crippen LogP contribution in [0, 0.1) is 6.92 Å². The molecule has 0 atom stereocenters. The Morgan fingerprint density at radius 2 is 1.96 bits per heavy atom. The van der Waals surface area contributed by atoms with Gasteiger partial charge in [-0.3, -0.25) is 4.72 Å². The molecule has 3 rings (SSSR count). The fourth-order valence-corrected chi connectivity index (χ4v) is 4.10. The number of benzene rings is 2. The second-order valence-electron chi connectivity index (χ2n) is 5.22. The molecular formula is C15H14BrN5O2S. The van der Waals surface area contributed by atoms with Crippen molar-refractivity contribution in [3.05, 3.63) is 52.5 Å². The number of nitrogens with one attached hydrogen (secondary N) is 1.